The lowest BCUT2D eigenvalue weighted by Crippen LogP contribution is -2.46. The molecule has 2 saturated heterocycles. The summed E-state index contributed by atoms with van der Waals surface area (Å²) >= 11 is 0. The summed E-state index contributed by atoms with van der Waals surface area (Å²) in [6.07, 6.45) is 4.80. The topological polar surface area (TPSA) is 44.5 Å². The van der Waals surface area contributed by atoms with Gasteiger partial charge in [-0.15, -0.1) is 0 Å². The summed E-state index contributed by atoms with van der Waals surface area (Å²) in [6.45, 7) is 2.67. The molecule has 0 bridgehead atoms. The van der Waals surface area contributed by atoms with Crippen molar-refractivity contribution in [3.8, 4) is 0 Å². The quantitative estimate of drug-likeness (QED) is 0.660. The van der Waals surface area contributed by atoms with Gasteiger partial charge in [0.2, 0.25) is 0 Å². The smallest absolute Gasteiger partial charge is 0.0755 e. The molecule has 0 spiro atoms. The first kappa shape index (κ1) is 9.44. The van der Waals surface area contributed by atoms with Crippen LogP contribution >= 0.6 is 0 Å². The van der Waals surface area contributed by atoms with Crippen molar-refractivity contribution >= 4 is 0 Å². The molecule has 3 nitrogen and oxygen atoms in total. The van der Waals surface area contributed by atoms with Gasteiger partial charge in [-0.3, -0.25) is 0 Å². The van der Waals surface area contributed by atoms with Gasteiger partial charge >= 0.3 is 0 Å². The van der Waals surface area contributed by atoms with E-state index in [0.29, 0.717) is 12.0 Å². The molecule has 2 aliphatic heterocycles. The summed E-state index contributed by atoms with van der Waals surface area (Å²) in [5.41, 5.74) is 6.04. The van der Waals surface area contributed by atoms with Gasteiger partial charge in [0.25, 0.3) is 0 Å². The standard InChI is InChI=1S/C10H19NO2/c11-9-2-1-5-13-10(9)8-3-6-12-7-4-8/h8-10H,1-7,11H2. The first-order valence-corrected chi connectivity index (χ1v) is 5.33. The molecule has 2 atom stereocenters. The normalized spacial score (nSPS) is 37.6. The van der Waals surface area contributed by atoms with Crippen molar-refractivity contribution in [2.45, 2.75) is 37.8 Å². The molecule has 2 N–H and O–H groups in total. The third kappa shape index (κ3) is 2.22. The fourth-order valence-corrected chi connectivity index (χ4v) is 2.36. The third-order valence-corrected chi connectivity index (χ3v) is 3.14. The van der Waals surface area contributed by atoms with Crippen LogP contribution in [0.4, 0.5) is 0 Å². The van der Waals surface area contributed by atoms with Gasteiger partial charge in [0.05, 0.1) is 6.10 Å². The Kier molecular flexibility index (Phi) is 3.19. The van der Waals surface area contributed by atoms with Gasteiger partial charge < -0.3 is 15.2 Å². The summed E-state index contributed by atoms with van der Waals surface area (Å²) < 4.78 is 11.1. The highest BCUT2D eigenvalue weighted by molar-refractivity contribution is 4.84. The van der Waals surface area contributed by atoms with E-state index in [1.54, 1.807) is 0 Å². The molecule has 0 amide bonds. The highest BCUT2D eigenvalue weighted by Gasteiger charge is 2.31. The monoisotopic (exact) mass is 185 g/mol. The van der Waals surface area contributed by atoms with Gasteiger partial charge in [-0.25, -0.2) is 0 Å². The molecule has 0 aliphatic carbocycles. The minimum atomic E-state index is 0.261. The Hall–Kier alpha value is -0.120. The number of rotatable bonds is 1. The van der Waals surface area contributed by atoms with E-state index < -0.39 is 0 Å². The van der Waals surface area contributed by atoms with Crippen LogP contribution in [0.15, 0.2) is 0 Å². The lowest BCUT2D eigenvalue weighted by molar-refractivity contribution is -0.0655. The summed E-state index contributed by atoms with van der Waals surface area (Å²) in [5, 5.41) is 0. The second kappa shape index (κ2) is 4.40. The van der Waals surface area contributed by atoms with Crippen molar-refractivity contribution in [2.24, 2.45) is 11.7 Å². The maximum absolute atomic E-state index is 6.04. The van der Waals surface area contributed by atoms with Crippen LogP contribution < -0.4 is 5.73 Å². The second-order valence-corrected chi connectivity index (χ2v) is 4.09. The van der Waals surface area contributed by atoms with E-state index in [9.17, 15) is 0 Å². The van der Waals surface area contributed by atoms with Crippen LogP contribution in [0.1, 0.15) is 25.7 Å². The Balaban J connectivity index is 1.88. The lowest BCUT2D eigenvalue weighted by Gasteiger charge is -2.36. The predicted molar refractivity (Wildman–Crippen MR) is 50.5 cm³/mol. The van der Waals surface area contributed by atoms with Crippen molar-refractivity contribution in [1.29, 1.82) is 0 Å². The van der Waals surface area contributed by atoms with Crippen LogP contribution in [0.25, 0.3) is 0 Å². The van der Waals surface area contributed by atoms with Crippen molar-refractivity contribution < 1.29 is 9.47 Å². The van der Waals surface area contributed by atoms with Gasteiger partial charge in [-0.2, -0.15) is 0 Å². The van der Waals surface area contributed by atoms with Gasteiger partial charge in [0.15, 0.2) is 0 Å². The molecule has 2 heterocycles. The Labute approximate surface area is 79.6 Å². The van der Waals surface area contributed by atoms with Gasteiger partial charge in [-0.1, -0.05) is 0 Å². The Morgan fingerprint density at radius 2 is 1.77 bits per heavy atom. The number of hydrogen-bond acceptors (Lipinski definition) is 3. The highest BCUT2D eigenvalue weighted by atomic mass is 16.5. The lowest BCUT2D eigenvalue weighted by atomic mass is 9.86. The maximum atomic E-state index is 6.04. The number of ether oxygens (including phenoxy) is 2. The van der Waals surface area contributed by atoms with Crippen molar-refractivity contribution in [3.05, 3.63) is 0 Å². The van der Waals surface area contributed by atoms with Crippen LogP contribution in [-0.4, -0.2) is 32.0 Å². The summed E-state index contributed by atoms with van der Waals surface area (Å²) in [5.74, 6) is 0.643. The predicted octanol–water partition coefficient (Wildman–Crippen LogP) is 0.919. The molecule has 2 rings (SSSR count). The van der Waals surface area contributed by atoms with Gasteiger partial charge in [-0.05, 0) is 31.6 Å². The summed E-state index contributed by atoms with van der Waals surface area (Å²) in [7, 11) is 0. The molecule has 76 valence electrons. The zero-order valence-corrected chi connectivity index (χ0v) is 8.08. The fourth-order valence-electron chi connectivity index (χ4n) is 2.36. The van der Waals surface area contributed by atoms with Crippen molar-refractivity contribution in [3.63, 3.8) is 0 Å². The Morgan fingerprint density at radius 1 is 1.00 bits per heavy atom. The molecular formula is C10H19NO2. The van der Waals surface area contributed by atoms with Crippen LogP contribution in [0, 0.1) is 5.92 Å². The first-order valence-electron chi connectivity index (χ1n) is 5.33. The molecule has 0 saturated carbocycles. The molecule has 0 aromatic heterocycles. The molecule has 13 heavy (non-hydrogen) atoms. The molecule has 2 unspecified atom stereocenters. The van der Waals surface area contributed by atoms with E-state index >= 15 is 0 Å². The molecule has 0 aromatic carbocycles. The van der Waals surface area contributed by atoms with Crippen LogP contribution in [-0.2, 0) is 9.47 Å². The molecule has 2 fully saturated rings. The van der Waals surface area contributed by atoms with E-state index in [0.717, 1.165) is 45.5 Å². The molecule has 0 radical (unpaired) electrons. The minimum absolute atomic E-state index is 0.261. The van der Waals surface area contributed by atoms with E-state index in [1.165, 1.54) is 0 Å². The zero-order chi connectivity index (χ0) is 9.10. The van der Waals surface area contributed by atoms with E-state index in [4.69, 9.17) is 15.2 Å². The van der Waals surface area contributed by atoms with Crippen LogP contribution in [0.3, 0.4) is 0 Å². The van der Waals surface area contributed by atoms with Crippen LogP contribution in [0.2, 0.25) is 0 Å². The first-order chi connectivity index (χ1) is 6.38. The summed E-state index contributed by atoms with van der Waals surface area (Å²) in [6, 6.07) is 0.261. The van der Waals surface area contributed by atoms with Crippen molar-refractivity contribution in [2.75, 3.05) is 19.8 Å². The Morgan fingerprint density at radius 3 is 2.46 bits per heavy atom. The molecule has 0 aromatic rings. The number of nitrogens with two attached hydrogens (primary N) is 1. The van der Waals surface area contributed by atoms with Crippen molar-refractivity contribution in [1.82, 2.24) is 0 Å². The zero-order valence-electron chi connectivity index (χ0n) is 8.08. The van der Waals surface area contributed by atoms with E-state index in [-0.39, 0.29) is 6.04 Å². The average Bonchev–Trinajstić information content (AvgIpc) is 2.20. The van der Waals surface area contributed by atoms with Gasteiger partial charge in [0, 0.05) is 25.9 Å². The molecule has 2 aliphatic rings. The molecule has 3 heteroatoms. The van der Waals surface area contributed by atoms with E-state index in [2.05, 4.69) is 0 Å². The van der Waals surface area contributed by atoms with E-state index in [1.807, 2.05) is 0 Å². The fraction of sp³-hybridized carbons (Fsp3) is 1.00. The summed E-state index contributed by atoms with van der Waals surface area (Å²) in [4.78, 5) is 0. The largest absolute Gasteiger partial charge is 0.381 e. The SMILES string of the molecule is NC1CCCOC1C1CCOCC1. The Bertz CT molecular complexity index is 157. The maximum Gasteiger partial charge on any atom is 0.0755 e. The van der Waals surface area contributed by atoms with Gasteiger partial charge in [0.1, 0.15) is 0 Å². The highest BCUT2D eigenvalue weighted by Crippen LogP contribution is 2.26. The molecular weight excluding hydrogens is 166 g/mol. The third-order valence-electron chi connectivity index (χ3n) is 3.14. The average molecular weight is 185 g/mol. The second-order valence-electron chi connectivity index (χ2n) is 4.09. The number of hydrogen-bond donors (Lipinski definition) is 1. The van der Waals surface area contributed by atoms with Crippen LogP contribution in [0.5, 0.6) is 0 Å². The minimum Gasteiger partial charge on any atom is -0.381 e.